The molecule has 0 heterocycles. The Morgan fingerprint density at radius 2 is 1.73 bits per heavy atom. The van der Waals surface area contributed by atoms with Gasteiger partial charge in [0.15, 0.2) is 0 Å². The zero-order valence-corrected chi connectivity index (χ0v) is 21.6. The van der Waals surface area contributed by atoms with E-state index in [0.29, 0.717) is 16.8 Å². The van der Waals surface area contributed by atoms with Crippen LogP contribution in [-0.4, -0.2) is 46.1 Å². The van der Waals surface area contributed by atoms with Gasteiger partial charge in [0, 0.05) is 17.3 Å². The second-order valence-electron chi connectivity index (χ2n) is 10.4. The lowest BCUT2D eigenvalue weighted by Crippen LogP contribution is -2.47. The summed E-state index contributed by atoms with van der Waals surface area (Å²) in [6.45, 7) is 6.61. The number of hydrogen-bond acceptors (Lipinski definition) is 5. The first-order valence-electron chi connectivity index (χ1n) is 12.4. The molecule has 3 aromatic rings. The van der Waals surface area contributed by atoms with E-state index >= 15 is 0 Å². The number of amides is 3. The number of aryl methyl sites for hydroxylation is 1. The molecule has 8 nitrogen and oxygen atoms in total. The van der Waals surface area contributed by atoms with Crippen LogP contribution in [0.2, 0.25) is 0 Å². The summed E-state index contributed by atoms with van der Waals surface area (Å²) >= 11 is 0. The van der Waals surface area contributed by atoms with Gasteiger partial charge in [0.05, 0.1) is 0 Å². The second-order valence-corrected chi connectivity index (χ2v) is 10.4. The molecule has 8 heteroatoms. The van der Waals surface area contributed by atoms with Gasteiger partial charge in [-0.05, 0) is 69.0 Å². The first-order valence-corrected chi connectivity index (χ1v) is 12.4. The fourth-order valence-electron chi connectivity index (χ4n) is 4.26. The van der Waals surface area contributed by atoms with Gasteiger partial charge in [0.2, 0.25) is 5.91 Å². The molecule has 1 aliphatic carbocycles. The molecular weight excluding hydrogens is 470 g/mol. The first-order chi connectivity index (χ1) is 17.5. The Morgan fingerprint density at radius 3 is 2.41 bits per heavy atom. The minimum absolute atomic E-state index is 0.0419. The van der Waals surface area contributed by atoms with Crippen molar-refractivity contribution < 1.29 is 24.2 Å². The van der Waals surface area contributed by atoms with E-state index in [9.17, 15) is 19.5 Å². The van der Waals surface area contributed by atoms with Gasteiger partial charge in [-0.3, -0.25) is 9.59 Å². The van der Waals surface area contributed by atoms with Gasteiger partial charge in [-0.1, -0.05) is 48.5 Å². The molecule has 4 rings (SSSR count). The molecule has 1 atom stereocenters. The molecule has 0 aliphatic heterocycles. The number of para-hydroxylation sites is 1. The molecule has 1 aliphatic rings. The molecule has 1 fully saturated rings. The van der Waals surface area contributed by atoms with Crippen LogP contribution in [0.25, 0.3) is 10.8 Å². The average molecular weight is 504 g/mol. The van der Waals surface area contributed by atoms with Crippen LogP contribution in [0.4, 0.5) is 10.5 Å². The normalized spacial score (nSPS) is 14.1. The van der Waals surface area contributed by atoms with Gasteiger partial charge >= 0.3 is 6.09 Å². The Bertz CT molecular complexity index is 1330. The number of carbonyl (C=O) groups excluding carboxylic acids is 3. The SMILES string of the molecule is Cc1cccc(C(C(=O)Nc2ccc3ccccc3c2)N(C(=O)CNC(=O)OC(C)(C)C)C2CC2)c1O. The van der Waals surface area contributed by atoms with Gasteiger partial charge in [-0.2, -0.15) is 0 Å². The van der Waals surface area contributed by atoms with Crippen molar-refractivity contribution in [2.75, 3.05) is 11.9 Å². The number of alkyl carbamates (subject to hydrolysis) is 1. The van der Waals surface area contributed by atoms with Crippen LogP contribution in [0.3, 0.4) is 0 Å². The number of hydrogen-bond donors (Lipinski definition) is 3. The van der Waals surface area contributed by atoms with Crippen molar-refractivity contribution in [3.8, 4) is 5.75 Å². The van der Waals surface area contributed by atoms with Crippen LogP contribution < -0.4 is 10.6 Å². The van der Waals surface area contributed by atoms with Crippen LogP contribution in [0.5, 0.6) is 5.75 Å². The van der Waals surface area contributed by atoms with E-state index < -0.39 is 29.6 Å². The third kappa shape index (κ3) is 6.39. The summed E-state index contributed by atoms with van der Waals surface area (Å²) in [5.41, 5.74) is 0.793. The standard InChI is InChI=1S/C29H33N3O5/c1-18-8-7-11-23(26(18)34)25(27(35)31-21-13-12-19-9-5-6-10-20(19)16-21)32(22-14-15-22)24(33)17-30-28(36)37-29(2,3)4/h5-13,16,22,25,34H,14-15,17H2,1-4H3,(H,30,36)(H,31,35). The molecular formula is C29H33N3O5. The molecule has 0 spiro atoms. The third-order valence-corrected chi connectivity index (χ3v) is 6.12. The van der Waals surface area contributed by atoms with Crippen LogP contribution in [-0.2, 0) is 14.3 Å². The largest absolute Gasteiger partial charge is 0.507 e. The Labute approximate surface area is 216 Å². The maximum absolute atomic E-state index is 13.8. The minimum Gasteiger partial charge on any atom is -0.507 e. The monoisotopic (exact) mass is 503 g/mol. The summed E-state index contributed by atoms with van der Waals surface area (Å²) in [6, 6.07) is 17.3. The smallest absolute Gasteiger partial charge is 0.408 e. The molecule has 37 heavy (non-hydrogen) atoms. The van der Waals surface area contributed by atoms with Crippen molar-refractivity contribution in [1.82, 2.24) is 10.2 Å². The van der Waals surface area contributed by atoms with Gasteiger partial charge in [0.1, 0.15) is 23.9 Å². The van der Waals surface area contributed by atoms with Crippen molar-refractivity contribution in [1.29, 1.82) is 0 Å². The molecule has 0 radical (unpaired) electrons. The highest BCUT2D eigenvalue weighted by Crippen LogP contribution is 2.39. The molecule has 1 unspecified atom stereocenters. The van der Waals surface area contributed by atoms with Crippen LogP contribution in [0, 0.1) is 6.92 Å². The Morgan fingerprint density at radius 1 is 1.03 bits per heavy atom. The van der Waals surface area contributed by atoms with E-state index in [1.807, 2.05) is 36.4 Å². The van der Waals surface area contributed by atoms with E-state index in [-0.39, 0.29) is 18.3 Å². The van der Waals surface area contributed by atoms with Crippen molar-refractivity contribution >= 4 is 34.4 Å². The number of ether oxygens (including phenoxy) is 1. The van der Waals surface area contributed by atoms with Crippen molar-refractivity contribution in [2.24, 2.45) is 0 Å². The first kappa shape index (κ1) is 26.0. The highest BCUT2D eigenvalue weighted by Gasteiger charge is 2.42. The number of phenolic OH excluding ortho intramolecular Hbond substituents is 1. The highest BCUT2D eigenvalue weighted by atomic mass is 16.6. The van der Waals surface area contributed by atoms with E-state index in [4.69, 9.17) is 4.74 Å². The van der Waals surface area contributed by atoms with E-state index in [1.54, 1.807) is 52.0 Å². The van der Waals surface area contributed by atoms with E-state index in [0.717, 1.165) is 23.6 Å². The summed E-state index contributed by atoms with van der Waals surface area (Å²) in [6.07, 6.45) is 0.738. The fourth-order valence-corrected chi connectivity index (χ4v) is 4.26. The molecule has 1 saturated carbocycles. The molecule has 0 aromatic heterocycles. The summed E-state index contributed by atoms with van der Waals surface area (Å²) < 4.78 is 5.25. The summed E-state index contributed by atoms with van der Waals surface area (Å²) in [5, 5.41) is 18.3. The summed E-state index contributed by atoms with van der Waals surface area (Å²) in [7, 11) is 0. The minimum atomic E-state index is -1.09. The lowest BCUT2D eigenvalue weighted by molar-refractivity contribution is -0.139. The fraction of sp³-hybridized carbons (Fsp3) is 0.345. The molecule has 194 valence electrons. The van der Waals surface area contributed by atoms with Gasteiger partial charge < -0.3 is 25.4 Å². The molecule has 3 amide bonds. The van der Waals surface area contributed by atoms with E-state index in [1.165, 1.54) is 4.90 Å². The number of phenols is 1. The maximum atomic E-state index is 13.8. The second kappa shape index (κ2) is 10.5. The topological polar surface area (TPSA) is 108 Å². The maximum Gasteiger partial charge on any atom is 0.408 e. The summed E-state index contributed by atoms with van der Waals surface area (Å²) in [4.78, 5) is 40.9. The highest BCUT2D eigenvalue weighted by molar-refractivity contribution is 6.00. The Kier molecular flexibility index (Phi) is 7.38. The lowest BCUT2D eigenvalue weighted by atomic mass is 9.99. The van der Waals surface area contributed by atoms with Crippen LogP contribution in [0.15, 0.2) is 60.7 Å². The predicted octanol–water partition coefficient (Wildman–Crippen LogP) is 5.05. The number of carbonyl (C=O) groups is 3. The Balaban J connectivity index is 1.64. The lowest BCUT2D eigenvalue weighted by Gasteiger charge is -2.32. The molecule has 3 N–H and O–H groups in total. The van der Waals surface area contributed by atoms with Gasteiger partial charge in [-0.25, -0.2) is 4.79 Å². The summed E-state index contributed by atoms with van der Waals surface area (Å²) in [5.74, 6) is -0.929. The Hall–Kier alpha value is -4.07. The van der Waals surface area contributed by atoms with Crippen molar-refractivity contribution in [2.45, 2.75) is 58.2 Å². The number of anilines is 1. The van der Waals surface area contributed by atoms with Crippen LogP contribution in [0.1, 0.15) is 50.8 Å². The number of nitrogens with one attached hydrogen (secondary N) is 2. The molecule has 3 aromatic carbocycles. The number of aromatic hydroxyl groups is 1. The molecule has 0 bridgehead atoms. The average Bonchev–Trinajstić information content (AvgIpc) is 3.67. The van der Waals surface area contributed by atoms with Crippen LogP contribution >= 0.6 is 0 Å². The van der Waals surface area contributed by atoms with Crippen molar-refractivity contribution in [3.05, 3.63) is 71.8 Å². The van der Waals surface area contributed by atoms with Crippen molar-refractivity contribution in [3.63, 3.8) is 0 Å². The molecule has 0 saturated heterocycles. The number of benzene rings is 3. The number of rotatable bonds is 7. The van der Waals surface area contributed by atoms with Gasteiger partial charge in [-0.15, -0.1) is 0 Å². The zero-order valence-electron chi connectivity index (χ0n) is 21.6. The third-order valence-electron chi connectivity index (χ3n) is 6.12. The quantitative estimate of drug-likeness (QED) is 0.418. The van der Waals surface area contributed by atoms with Gasteiger partial charge in [0.25, 0.3) is 5.91 Å². The van der Waals surface area contributed by atoms with E-state index in [2.05, 4.69) is 10.6 Å². The predicted molar refractivity (Wildman–Crippen MR) is 142 cm³/mol. The number of nitrogens with zero attached hydrogens (tertiary/aromatic N) is 1. The zero-order chi connectivity index (χ0) is 26.7. The number of fused-ring (bicyclic) bond motifs is 1.